The average molecular weight is 584 g/mol. The van der Waals surface area contributed by atoms with Gasteiger partial charge in [0.05, 0.1) is 34.8 Å². The Bertz CT molecular complexity index is 1210. The number of carbonyl (C=O) groups excluding carboxylic acids is 3. The first-order valence-corrected chi connectivity index (χ1v) is 11.1. The number of urea groups is 1. The van der Waals surface area contributed by atoms with E-state index in [9.17, 15) is 14.4 Å². The van der Waals surface area contributed by atoms with E-state index in [-0.39, 0.29) is 47.2 Å². The number of imide groups is 1. The molecule has 1 aromatic heterocycles. The zero-order chi connectivity index (χ0) is 24.7. The number of amides is 4. The van der Waals surface area contributed by atoms with Gasteiger partial charge in [-0.25, -0.2) is 14.8 Å². The maximum absolute atomic E-state index is 12.6. The fourth-order valence-corrected chi connectivity index (χ4v) is 3.18. The predicted molar refractivity (Wildman–Crippen MR) is 130 cm³/mol. The molecule has 0 saturated carbocycles. The topological polar surface area (TPSA) is 127 Å². The summed E-state index contributed by atoms with van der Waals surface area (Å²) in [5, 5.41) is 7.65. The molecule has 35 heavy (non-hydrogen) atoms. The van der Waals surface area contributed by atoms with Crippen LogP contribution in [0.2, 0.25) is 5.02 Å². The van der Waals surface area contributed by atoms with Gasteiger partial charge in [-0.15, -0.1) is 0 Å². The second-order valence-electron chi connectivity index (χ2n) is 7.32. The molecule has 1 heterocycles. The Labute approximate surface area is 221 Å². The third-order valence-corrected chi connectivity index (χ3v) is 4.88. The molecule has 13 heteroatoms. The summed E-state index contributed by atoms with van der Waals surface area (Å²) in [5.74, 6) is -0.644. The SMILES string of the molecule is C[NH+](C)CC(=O)Nc1ccccc1C(=O)NC(=O)Nc1ccc(Oc2ncc(Br)cn2)c(Cl)c1.[Cl-]. The van der Waals surface area contributed by atoms with E-state index in [4.69, 9.17) is 16.3 Å². The van der Waals surface area contributed by atoms with Crippen LogP contribution in [0.1, 0.15) is 10.4 Å². The maximum Gasteiger partial charge on any atom is 0.326 e. The van der Waals surface area contributed by atoms with Crippen molar-refractivity contribution in [3.8, 4) is 11.8 Å². The minimum absolute atomic E-state index is 0. The quantitative estimate of drug-likeness (QED) is 0.303. The molecule has 0 radical (unpaired) electrons. The number of para-hydroxylation sites is 1. The summed E-state index contributed by atoms with van der Waals surface area (Å²) < 4.78 is 6.22. The van der Waals surface area contributed by atoms with Gasteiger partial charge in [-0.05, 0) is 46.3 Å². The van der Waals surface area contributed by atoms with Gasteiger partial charge in [0.15, 0.2) is 6.54 Å². The van der Waals surface area contributed by atoms with Gasteiger partial charge in [0.2, 0.25) is 0 Å². The number of likely N-dealkylation sites (N-methyl/N-ethyl adjacent to an activating group) is 1. The van der Waals surface area contributed by atoms with Crippen molar-refractivity contribution in [2.45, 2.75) is 0 Å². The van der Waals surface area contributed by atoms with Gasteiger partial charge < -0.3 is 32.7 Å². The standard InChI is InChI=1S/C22H20BrClN6O4.ClH/c1-30(2)12-19(31)28-17-6-4-3-5-15(17)20(32)29-21(33)27-14-7-8-18(16(24)9-14)34-22-25-10-13(23)11-26-22;/h3-11H,12H2,1-2H3,(H,28,31)(H2,27,29,32,33);1H. The van der Waals surface area contributed by atoms with Crippen LogP contribution < -0.4 is 38.0 Å². The Balaban J connectivity index is 0.00000432. The molecular weight excluding hydrogens is 563 g/mol. The predicted octanol–water partition coefficient (Wildman–Crippen LogP) is -0.266. The summed E-state index contributed by atoms with van der Waals surface area (Å²) in [6.45, 7) is 0.227. The Hall–Kier alpha value is -3.25. The van der Waals surface area contributed by atoms with Gasteiger partial charge in [0, 0.05) is 18.1 Å². The Kier molecular flexibility index (Phi) is 10.4. The van der Waals surface area contributed by atoms with Crippen LogP contribution in [-0.4, -0.2) is 48.5 Å². The summed E-state index contributed by atoms with van der Waals surface area (Å²) in [6.07, 6.45) is 3.06. The van der Waals surface area contributed by atoms with Crippen LogP contribution in [0.15, 0.2) is 59.3 Å². The van der Waals surface area contributed by atoms with Crippen LogP contribution in [0.3, 0.4) is 0 Å². The number of nitrogens with zero attached hydrogens (tertiary/aromatic N) is 2. The minimum atomic E-state index is -0.773. The Morgan fingerprint density at radius 2 is 1.74 bits per heavy atom. The number of carbonyl (C=O) groups is 3. The zero-order valence-corrected chi connectivity index (χ0v) is 21.7. The Morgan fingerprint density at radius 3 is 2.40 bits per heavy atom. The molecule has 0 atom stereocenters. The van der Waals surface area contributed by atoms with Gasteiger partial charge in [-0.2, -0.15) is 0 Å². The molecule has 2 aromatic carbocycles. The van der Waals surface area contributed by atoms with Crippen LogP contribution >= 0.6 is 27.5 Å². The largest absolute Gasteiger partial charge is 1.00 e. The van der Waals surface area contributed by atoms with Gasteiger partial charge in [-0.3, -0.25) is 14.9 Å². The fourth-order valence-electron chi connectivity index (χ4n) is 2.75. The second-order valence-corrected chi connectivity index (χ2v) is 8.64. The lowest BCUT2D eigenvalue weighted by Gasteiger charge is -2.13. The van der Waals surface area contributed by atoms with E-state index >= 15 is 0 Å². The van der Waals surface area contributed by atoms with Crippen LogP contribution in [0.4, 0.5) is 16.2 Å². The zero-order valence-electron chi connectivity index (χ0n) is 18.6. The molecule has 0 saturated heterocycles. The molecule has 0 aliphatic carbocycles. The van der Waals surface area contributed by atoms with E-state index < -0.39 is 11.9 Å². The van der Waals surface area contributed by atoms with Crippen molar-refractivity contribution in [2.75, 3.05) is 31.3 Å². The van der Waals surface area contributed by atoms with E-state index in [0.717, 1.165) is 4.90 Å². The highest BCUT2D eigenvalue weighted by molar-refractivity contribution is 9.10. The van der Waals surface area contributed by atoms with Crippen LogP contribution in [0, 0.1) is 0 Å². The lowest BCUT2D eigenvalue weighted by Crippen LogP contribution is -3.06. The van der Waals surface area contributed by atoms with Crippen LogP contribution in [0.25, 0.3) is 0 Å². The molecule has 3 rings (SSSR count). The molecule has 3 aromatic rings. The van der Waals surface area contributed by atoms with Gasteiger partial charge >= 0.3 is 12.0 Å². The molecule has 4 N–H and O–H groups in total. The normalized spacial score (nSPS) is 10.2. The molecule has 184 valence electrons. The van der Waals surface area contributed by atoms with E-state index in [1.807, 2.05) is 14.1 Å². The van der Waals surface area contributed by atoms with Crippen molar-refractivity contribution >= 4 is 56.8 Å². The Morgan fingerprint density at radius 1 is 1.06 bits per heavy atom. The summed E-state index contributed by atoms with van der Waals surface area (Å²) in [6, 6.07) is 10.3. The highest BCUT2D eigenvalue weighted by atomic mass is 79.9. The van der Waals surface area contributed by atoms with Crippen LogP contribution in [0.5, 0.6) is 11.8 Å². The fraction of sp³-hybridized carbons (Fsp3) is 0.136. The summed E-state index contributed by atoms with van der Waals surface area (Å²) >= 11 is 9.47. The third kappa shape index (κ3) is 8.48. The first-order chi connectivity index (χ1) is 16.2. The molecule has 0 bridgehead atoms. The van der Waals surface area contributed by atoms with Crippen molar-refractivity contribution in [1.82, 2.24) is 15.3 Å². The van der Waals surface area contributed by atoms with Crippen molar-refractivity contribution in [2.24, 2.45) is 0 Å². The number of benzene rings is 2. The highest BCUT2D eigenvalue weighted by Gasteiger charge is 2.17. The first-order valence-electron chi connectivity index (χ1n) is 9.96. The molecule has 0 aliphatic heterocycles. The lowest BCUT2D eigenvalue weighted by atomic mass is 10.1. The molecule has 0 aliphatic rings. The van der Waals surface area contributed by atoms with Crippen molar-refractivity contribution < 1.29 is 36.4 Å². The molecule has 0 unspecified atom stereocenters. The molecule has 0 fully saturated rings. The van der Waals surface area contributed by atoms with E-state index in [0.29, 0.717) is 15.8 Å². The third-order valence-electron chi connectivity index (χ3n) is 4.17. The number of quaternary nitrogens is 1. The van der Waals surface area contributed by atoms with Gasteiger partial charge in [0.1, 0.15) is 5.75 Å². The number of rotatable bonds is 7. The molecule has 0 spiro atoms. The second kappa shape index (κ2) is 13.0. The first kappa shape index (κ1) is 28.0. The van der Waals surface area contributed by atoms with E-state index in [2.05, 4.69) is 41.8 Å². The van der Waals surface area contributed by atoms with Gasteiger partial charge in [0.25, 0.3) is 11.8 Å². The smallest absolute Gasteiger partial charge is 0.326 e. The van der Waals surface area contributed by atoms with Gasteiger partial charge in [-0.1, -0.05) is 23.7 Å². The number of anilines is 2. The lowest BCUT2D eigenvalue weighted by molar-refractivity contribution is -0.849. The number of hydrogen-bond donors (Lipinski definition) is 4. The van der Waals surface area contributed by atoms with Crippen molar-refractivity contribution in [3.63, 3.8) is 0 Å². The van der Waals surface area contributed by atoms with E-state index in [1.54, 1.807) is 24.3 Å². The van der Waals surface area contributed by atoms with Crippen molar-refractivity contribution in [3.05, 3.63) is 69.9 Å². The summed E-state index contributed by atoms with van der Waals surface area (Å²) in [5.41, 5.74) is 0.782. The molecule has 10 nitrogen and oxygen atoms in total. The van der Waals surface area contributed by atoms with Crippen molar-refractivity contribution in [1.29, 1.82) is 0 Å². The minimum Gasteiger partial charge on any atom is -1.00 e. The molecular formula is C22H21BrCl2N6O4. The summed E-state index contributed by atoms with van der Waals surface area (Å²) in [4.78, 5) is 46.0. The number of halogens is 3. The number of nitrogens with one attached hydrogen (secondary N) is 4. The number of aromatic nitrogens is 2. The number of ether oxygens (including phenoxy) is 1. The van der Waals surface area contributed by atoms with Crippen LogP contribution in [-0.2, 0) is 4.79 Å². The monoisotopic (exact) mass is 582 g/mol. The average Bonchev–Trinajstić information content (AvgIpc) is 2.76. The van der Waals surface area contributed by atoms with E-state index in [1.165, 1.54) is 30.6 Å². The summed E-state index contributed by atoms with van der Waals surface area (Å²) in [7, 11) is 3.67. The highest BCUT2D eigenvalue weighted by Crippen LogP contribution is 2.30. The number of hydrogen-bond acceptors (Lipinski definition) is 6. The maximum atomic E-state index is 12.6. The molecule has 4 amide bonds.